The van der Waals surface area contributed by atoms with E-state index in [-0.39, 0.29) is 45.9 Å². The van der Waals surface area contributed by atoms with E-state index in [1.807, 2.05) is 0 Å². The second-order valence-electron chi connectivity index (χ2n) is 4.54. The largest absolute Gasteiger partial charge is 2.00 e. The molecule has 0 aromatic heterocycles. The summed E-state index contributed by atoms with van der Waals surface area (Å²) in [5, 5.41) is 0. The maximum atomic E-state index is 13.2. The van der Waals surface area contributed by atoms with Gasteiger partial charge in [0, 0.05) is 12.4 Å². The molecule has 1 aliphatic rings. The molecule has 18 heavy (non-hydrogen) atoms. The number of hydrogen-bond acceptors (Lipinski definition) is 1. The van der Waals surface area contributed by atoms with Gasteiger partial charge in [-0.05, 0) is 18.8 Å². The zero-order valence-electron chi connectivity index (χ0n) is 10.6. The van der Waals surface area contributed by atoms with Gasteiger partial charge in [0.05, 0.1) is 6.61 Å². The third kappa shape index (κ3) is 6.00. The van der Waals surface area contributed by atoms with Crippen LogP contribution < -0.4 is 17.0 Å². The van der Waals surface area contributed by atoms with Crippen molar-refractivity contribution in [3.63, 3.8) is 0 Å². The first-order valence-electron chi connectivity index (χ1n) is 6.08. The van der Waals surface area contributed by atoms with E-state index in [1.54, 1.807) is 12.1 Å². The minimum Gasteiger partial charge on any atom is -1.00 e. The summed E-state index contributed by atoms with van der Waals surface area (Å²) in [5.74, 6) is 0.471. The van der Waals surface area contributed by atoms with Gasteiger partial charge in [0.25, 0.3) is 0 Å². The molecule has 2 rings (SSSR count). The molecule has 1 fully saturated rings. The molecule has 1 aromatic carbocycles. The van der Waals surface area contributed by atoms with E-state index in [9.17, 15) is 4.39 Å². The van der Waals surface area contributed by atoms with E-state index >= 15 is 0 Å². The van der Waals surface area contributed by atoms with Crippen LogP contribution in [-0.4, -0.2) is 29.7 Å². The van der Waals surface area contributed by atoms with Crippen LogP contribution in [-0.2, 0) is 11.3 Å². The van der Waals surface area contributed by atoms with Crippen molar-refractivity contribution in [3.8, 4) is 0 Å². The zero-order chi connectivity index (χ0) is 11.2. The molecule has 1 aliphatic carbocycles. The molecule has 0 heterocycles. The maximum absolute atomic E-state index is 13.2. The molecule has 0 atom stereocenters. The van der Waals surface area contributed by atoms with Crippen LogP contribution in [0.15, 0.2) is 18.2 Å². The summed E-state index contributed by atoms with van der Waals surface area (Å²) < 4.78 is 18.8. The topological polar surface area (TPSA) is 9.23 Å². The molecule has 4 heteroatoms. The van der Waals surface area contributed by atoms with Crippen LogP contribution >= 0.6 is 0 Å². The first-order chi connectivity index (χ1) is 7.86. The smallest absolute Gasteiger partial charge is 1.00 e. The normalized spacial score (nSPS) is 15.6. The van der Waals surface area contributed by atoms with Gasteiger partial charge in [-0.2, -0.15) is 18.2 Å². The quantitative estimate of drug-likeness (QED) is 0.573. The van der Waals surface area contributed by atoms with E-state index in [1.165, 1.54) is 38.2 Å². The molecule has 0 unspecified atom stereocenters. The zero-order valence-corrected chi connectivity index (χ0v) is 13.6. The van der Waals surface area contributed by atoms with Crippen molar-refractivity contribution in [1.29, 1.82) is 0 Å². The molecule has 0 bridgehead atoms. The Bertz CT molecular complexity index is 329. The van der Waals surface area contributed by atoms with Crippen LogP contribution in [0, 0.1) is 17.8 Å². The fraction of sp³-hybridized carbons (Fsp3) is 0.571. The van der Waals surface area contributed by atoms with Crippen molar-refractivity contribution in [1.82, 2.24) is 0 Å². The van der Waals surface area contributed by atoms with Gasteiger partial charge >= 0.3 is 23.1 Å². The molecule has 0 aliphatic heterocycles. The molecule has 0 radical (unpaired) electrons. The van der Waals surface area contributed by atoms with E-state index < -0.39 is 0 Å². The second-order valence-corrected chi connectivity index (χ2v) is 4.54. The van der Waals surface area contributed by atoms with Gasteiger partial charge in [-0.15, -0.1) is 6.07 Å². The Labute approximate surface area is 135 Å². The van der Waals surface area contributed by atoms with Crippen molar-refractivity contribution < 1.29 is 26.1 Å². The first kappa shape index (κ1) is 18.4. The Morgan fingerprint density at radius 1 is 1.28 bits per heavy atom. The Kier molecular flexibility index (Phi) is 10.4. The van der Waals surface area contributed by atoms with Gasteiger partial charge in [0.15, 0.2) is 0 Å². The van der Waals surface area contributed by atoms with Gasteiger partial charge in [0.1, 0.15) is 0 Å². The summed E-state index contributed by atoms with van der Waals surface area (Å²) in [6.07, 6.45) is 6.54. The van der Waals surface area contributed by atoms with E-state index in [2.05, 4.69) is 6.07 Å². The average molecular weight is 326 g/mol. The molecule has 1 aromatic rings. The third-order valence-electron chi connectivity index (χ3n) is 3.23. The van der Waals surface area contributed by atoms with Crippen LogP contribution in [0.25, 0.3) is 0 Å². The van der Waals surface area contributed by atoms with Crippen molar-refractivity contribution in [2.75, 3.05) is 6.61 Å². The van der Waals surface area contributed by atoms with Gasteiger partial charge in [-0.3, -0.25) is 4.39 Å². The number of ether oxygens (including phenoxy) is 1. The fourth-order valence-electron chi connectivity index (χ4n) is 2.25. The van der Waals surface area contributed by atoms with Crippen LogP contribution in [0.2, 0.25) is 0 Å². The molecular formula is C14H18BrFMgO. The van der Waals surface area contributed by atoms with E-state index in [0.717, 1.165) is 6.61 Å². The number of rotatable bonds is 4. The number of halogens is 2. The predicted octanol–water partition coefficient (Wildman–Crippen LogP) is 0.346. The second kappa shape index (κ2) is 10.2. The SMILES string of the molecule is Fc1c[c-]ccc1COCC1CCCCC1.[Br-].[Mg+2]. The summed E-state index contributed by atoms with van der Waals surface area (Å²) in [6, 6.07) is 7.53. The molecule has 1 saturated carbocycles. The number of benzene rings is 1. The fourth-order valence-corrected chi connectivity index (χ4v) is 2.25. The molecule has 0 amide bonds. The minimum atomic E-state index is -0.217. The van der Waals surface area contributed by atoms with Crippen molar-refractivity contribution in [2.24, 2.45) is 5.92 Å². The van der Waals surface area contributed by atoms with E-state index in [0.29, 0.717) is 18.1 Å². The van der Waals surface area contributed by atoms with Crippen molar-refractivity contribution in [2.45, 2.75) is 38.7 Å². The van der Waals surface area contributed by atoms with Gasteiger partial charge in [-0.25, -0.2) is 0 Å². The first-order valence-corrected chi connectivity index (χ1v) is 6.08. The van der Waals surface area contributed by atoms with Gasteiger partial charge < -0.3 is 21.7 Å². The molecular weight excluding hydrogens is 307 g/mol. The summed E-state index contributed by atoms with van der Waals surface area (Å²) >= 11 is 0. The maximum Gasteiger partial charge on any atom is 2.00 e. The average Bonchev–Trinajstić information content (AvgIpc) is 2.33. The van der Waals surface area contributed by atoms with Crippen LogP contribution in [0.5, 0.6) is 0 Å². The Balaban J connectivity index is 0.00000144. The Morgan fingerprint density at radius 2 is 2.00 bits per heavy atom. The molecule has 96 valence electrons. The van der Waals surface area contributed by atoms with Crippen LogP contribution in [0.1, 0.15) is 37.7 Å². The Hall–Kier alpha value is 0.356. The van der Waals surface area contributed by atoms with Crippen LogP contribution in [0.3, 0.4) is 0 Å². The molecule has 0 saturated heterocycles. The minimum absolute atomic E-state index is 0. The summed E-state index contributed by atoms with van der Waals surface area (Å²) in [4.78, 5) is 0. The van der Waals surface area contributed by atoms with Gasteiger partial charge in [-0.1, -0.05) is 24.8 Å². The molecule has 1 nitrogen and oxygen atoms in total. The van der Waals surface area contributed by atoms with Crippen LogP contribution in [0.4, 0.5) is 4.39 Å². The van der Waals surface area contributed by atoms with Crippen molar-refractivity contribution in [3.05, 3.63) is 35.6 Å². The van der Waals surface area contributed by atoms with Crippen molar-refractivity contribution >= 4 is 23.1 Å². The third-order valence-corrected chi connectivity index (χ3v) is 3.23. The summed E-state index contributed by atoms with van der Waals surface area (Å²) in [5.41, 5.74) is 0.634. The summed E-state index contributed by atoms with van der Waals surface area (Å²) in [6.45, 7) is 1.16. The monoisotopic (exact) mass is 324 g/mol. The van der Waals surface area contributed by atoms with Gasteiger partial charge in [0.2, 0.25) is 0 Å². The Morgan fingerprint density at radius 3 is 2.67 bits per heavy atom. The molecule has 0 spiro atoms. The standard InChI is InChI=1S/C14H18FO.BrH.Mg/c15-14-9-5-4-8-13(14)11-16-10-12-6-2-1-3-7-12;;/h4,8-9,12H,1-3,6-7,10-11H2;1H;/q-1;;+2/p-1. The predicted molar refractivity (Wildman–Crippen MR) is 67.2 cm³/mol. The molecule has 0 N–H and O–H groups in total. The number of hydrogen-bond donors (Lipinski definition) is 0. The van der Waals surface area contributed by atoms with E-state index in [4.69, 9.17) is 4.74 Å². The summed E-state index contributed by atoms with van der Waals surface area (Å²) in [7, 11) is 0.